The van der Waals surface area contributed by atoms with Crippen LogP contribution in [0.25, 0.3) is 11.3 Å². The van der Waals surface area contributed by atoms with Crippen LogP contribution >= 0.6 is 0 Å². The van der Waals surface area contributed by atoms with Crippen molar-refractivity contribution in [2.24, 2.45) is 11.8 Å². The smallest absolute Gasteiger partial charge is 0.168 e. The van der Waals surface area contributed by atoms with Crippen molar-refractivity contribution >= 4 is 0 Å². The number of hydrogen-bond acceptors (Lipinski definition) is 2. The molecule has 1 saturated carbocycles. The first kappa shape index (κ1) is 22.8. The molecular weight excluding hydrogens is 378 g/mol. The Morgan fingerprint density at radius 3 is 2.30 bits per heavy atom. The Kier molecular flexibility index (Phi) is 8.77. The Hall–Kier alpha value is -1.84. The number of unbranched alkanes of at least 4 members (excludes halogenated alkanes) is 4. The van der Waals surface area contributed by atoms with Crippen molar-refractivity contribution in [3.63, 3.8) is 0 Å². The van der Waals surface area contributed by atoms with Gasteiger partial charge in [-0.05, 0) is 61.3 Å². The molecule has 2 aromatic rings. The third-order valence-corrected chi connectivity index (χ3v) is 6.65. The second kappa shape index (κ2) is 11.5. The van der Waals surface area contributed by atoms with Crippen molar-refractivity contribution in [1.82, 2.24) is 10.2 Å². The number of rotatable bonds is 10. The first-order valence-electron chi connectivity index (χ1n) is 11.9. The van der Waals surface area contributed by atoms with Crippen molar-refractivity contribution in [2.45, 2.75) is 90.9 Å². The van der Waals surface area contributed by atoms with Crippen LogP contribution in [-0.2, 0) is 12.8 Å². The fraction of sp³-hybridized carbons (Fsp3) is 0.615. The van der Waals surface area contributed by atoms with Gasteiger partial charge in [0, 0.05) is 5.56 Å². The summed E-state index contributed by atoms with van der Waals surface area (Å²) in [5.74, 6) is -0.0724. The third kappa shape index (κ3) is 6.33. The molecule has 0 atom stereocenters. The van der Waals surface area contributed by atoms with Crippen molar-refractivity contribution in [1.29, 1.82) is 0 Å². The van der Waals surface area contributed by atoms with E-state index in [-0.39, 0.29) is 5.56 Å². The van der Waals surface area contributed by atoms with Crippen LogP contribution < -0.4 is 0 Å². The average Bonchev–Trinajstić information content (AvgIpc) is 2.76. The molecule has 0 amide bonds. The quantitative estimate of drug-likeness (QED) is 0.372. The first-order chi connectivity index (χ1) is 14.6. The van der Waals surface area contributed by atoms with Crippen LogP contribution in [0, 0.1) is 23.5 Å². The Bertz CT molecular complexity index is 780. The predicted molar refractivity (Wildman–Crippen MR) is 119 cm³/mol. The van der Waals surface area contributed by atoms with Crippen LogP contribution in [0.2, 0.25) is 0 Å². The lowest BCUT2D eigenvalue weighted by Gasteiger charge is -2.26. The van der Waals surface area contributed by atoms with Gasteiger partial charge in [-0.15, -0.1) is 0 Å². The topological polar surface area (TPSA) is 25.8 Å². The molecule has 1 fully saturated rings. The number of nitrogens with zero attached hydrogens (tertiary/aromatic N) is 2. The SMILES string of the molecule is CCCCCCCc1ccc(-c2ccc(CCC3CCC(C)CC3)c(F)c2F)nn1. The van der Waals surface area contributed by atoms with E-state index in [1.165, 1.54) is 51.4 Å². The summed E-state index contributed by atoms with van der Waals surface area (Å²) in [6.07, 6.45) is 13.4. The van der Waals surface area contributed by atoms with Gasteiger partial charge in [0.1, 0.15) is 0 Å². The number of aryl methyl sites for hydroxylation is 2. The van der Waals surface area contributed by atoms with Crippen molar-refractivity contribution < 1.29 is 8.78 Å². The van der Waals surface area contributed by atoms with Gasteiger partial charge in [0.15, 0.2) is 11.6 Å². The molecule has 0 radical (unpaired) electrons. The lowest BCUT2D eigenvalue weighted by molar-refractivity contribution is 0.277. The van der Waals surface area contributed by atoms with Crippen LogP contribution in [0.1, 0.15) is 89.3 Å². The van der Waals surface area contributed by atoms with Gasteiger partial charge in [-0.25, -0.2) is 8.78 Å². The molecule has 2 nitrogen and oxygen atoms in total. The lowest BCUT2D eigenvalue weighted by atomic mass is 9.80. The molecule has 4 heteroatoms. The summed E-state index contributed by atoms with van der Waals surface area (Å²) >= 11 is 0. The second-order valence-corrected chi connectivity index (χ2v) is 9.14. The minimum absolute atomic E-state index is 0.199. The maximum absolute atomic E-state index is 14.7. The molecule has 30 heavy (non-hydrogen) atoms. The highest BCUT2D eigenvalue weighted by molar-refractivity contribution is 5.60. The van der Waals surface area contributed by atoms with Gasteiger partial charge in [-0.2, -0.15) is 10.2 Å². The molecular formula is C26H36F2N2. The molecule has 1 aromatic carbocycles. The zero-order chi connectivity index (χ0) is 21.3. The molecule has 3 rings (SSSR count). The average molecular weight is 415 g/mol. The molecule has 0 unspecified atom stereocenters. The summed E-state index contributed by atoms with van der Waals surface area (Å²) in [5.41, 5.74) is 1.99. The van der Waals surface area contributed by atoms with E-state index in [0.29, 0.717) is 23.6 Å². The van der Waals surface area contributed by atoms with Gasteiger partial charge in [-0.1, -0.05) is 71.3 Å². The maximum Gasteiger partial charge on any atom is 0.168 e. The number of hydrogen-bond donors (Lipinski definition) is 0. The highest BCUT2D eigenvalue weighted by atomic mass is 19.2. The van der Waals surface area contributed by atoms with Gasteiger partial charge in [0.25, 0.3) is 0 Å². The van der Waals surface area contributed by atoms with Crippen LogP contribution in [0.5, 0.6) is 0 Å². The fourth-order valence-electron chi connectivity index (χ4n) is 4.50. The molecule has 0 bridgehead atoms. The van der Waals surface area contributed by atoms with Crippen LogP contribution in [-0.4, -0.2) is 10.2 Å². The number of benzene rings is 1. The number of aromatic nitrogens is 2. The molecule has 1 aliphatic carbocycles. The van der Waals surface area contributed by atoms with Crippen molar-refractivity contribution in [2.75, 3.05) is 0 Å². The van der Waals surface area contributed by atoms with E-state index in [9.17, 15) is 8.78 Å². The molecule has 1 aliphatic rings. The Balaban J connectivity index is 1.58. The standard InChI is InChI=1S/C26H36F2N2/c1-3-4-5-6-7-8-22-16-18-24(30-29-22)23-17-15-21(25(27)26(23)28)14-13-20-11-9-19(2)10-12-20/h15-20H,3-14H2,1-2H3. The highest BCUT2D eigenvalue weighted by Gasteiger charge is 2.20. The molecule has 164 valence electrons. The number of halogens is 2. The summed E-state index contributed by atoms with van der Waals surface area (Å²) in [6.45, 7) is 4.50. The van der Waals surface area contributed by atoms with E-state index < -0.39 is 11.6 Å². The zero-order valence-corrected chi connectivity index (χ0v) is 18.6. The fourth-order valence-corrected chi connectivity index (χ4v) is 4.50. The van der Waals surface area contributed by atoms with E-state index in [2.05, 4.69) is 24.0 Å². The molecule has 0 spiro atoms. The second-order valence-electron chi connectivity index (χ2n) is 9.14. The molecule has 0 N–H and O–H groups in total. The summed E-state index contributed by atoms with van der Waals surface area (Å²) in [7, 11) is 0. The Morgan fingerprint density at radius 1 is 0.833 bits per heavy atom. The van der Waals surface area contributed by atoms with Crippen LogP contribution in [0.15, 0.2) is 24.3 Å². The Morgan fingerprint density at radius 2 is 1.60 bits per heavy atom. The normalized spacial score (nSPS) is 19.2. The summed E-state index contributed by atoms with van der Waals surface area (Å²) in [6, 6.07) is 7.03. The monoisotopic (exact) mass is 414 g/mol. The molecule has 0 aliphatic heterocycles. The lowest BCUT2D eigenvalue weighted by Crippen LogP contribution is -2.13. The van der Waals surface area contributed by atoms with E-state index in [1.807, 2.05) is 6.07 Å². The molecule has 1 aromatic heterocycles. The van der Waals surface area contributed by atoms with Crippen LogP contribution in [0.4, 0.5) is 8.78 Å². The first-order valence-corrected chi connectivity index (χ1v) is 11.9. The van der Waals surface area contributed by atoms with E-state index in [1.54, 1.807) is 18.2 Å². The Labute approximate surface area is 180 Å². The van der Waals surface area contributed by atoms with Gasteiger partial charge in [0.05, 0.1) is 11.4 Å². The summed E-state index contributed by atoms with van der Waals surface area (Å²) in [4.78, 5) is 0. The van der Waals surface area contributed by atoms with Crippen LogP contribution in [0.3, 0.4) is 0 Å². The van der Waals surface area contributed by atoms with E-state index in [0.717, 1.165) is 30.9 Å². The maximum atomic E-state index is 14.7. The van der Waals surface area contributed by atoms with Gasteiger partial charge < -0.3 is 0 Å². The minimum atomic E-state index is -0.800. The minimum Gasteiger partial charge on any atom is -0.203 e. The predicted octanol–water partition coefficient (Wildman–Crippen LogP) is 7.69. The van der Waals surface area contributed by atoms with E-state index >= 15 is 0 Å². The van der Waals surface area contributed by atoms with E-state index in [4.69, 9.17) is 0 Å². The summed E-state index contributed by atoms with van der Waals surface area (Å²) in [5, 5.41) is 8.40. The molecule has 1 heterocycles. The largest absolute Gasteiger partial charge is 0.203 e. The third-order valence-electron chi connectivity index (χ3n) is 6.65. The van der Waals surface area contributed by atoms with Gasteiger partial charge in [0.2, 0.25) is 0 Å². The highest BCUT2D eigenvalue weighted by Crippen LogP contribution is 2.32. The van der Waals surface area contributed by atoms with Gasteiger partial charge in [-0.3, -0.25) is 0 Å². The van der Waals surface area contributed by atoms with Crippen molar-refractivity contribution in [3.8, 4) is 11.3 Å². The molecule has 0 saturated heterocycles. The zero-order valence-electron chi connectivity index (χ0n) is 18.6. The van der Waals surface area contributed by atoms with Gasteiger partial charge >= 0.3 is 0 Å². The summed E-state index contributed by atoms with van der Waals surface area (Å²) < 4.78 is 29.4. The van der Waals surface area contributed by atoms with Crippen molar-refractivity contribution in [3.05, 3.63) is 47.2 Å².